The molecule has 1 saturated heterocycles. The van der Waals surface area contributed by atoms with Gasteiger partial charge >= 0.3 is 5.69 Å². The van der Waals surface area contributed by atoms with Crippen LogP contribution in [-0.4, -0.2) is 58.6 Å². The molecule has 0 radical (unpaired) electrons. The van der Waals surface area contributed by atoms with E-state index in [0.717, 1.165) is 55.6 Å². The van der Waals surface area contributed by atoms with Crippen LogP contribution in [0.2, 0.25) is 0 Å². The van der Waals surface area contributed by atoms with E-state index in [-0.39, 0.29) is 23.4 Å². The van der Waals surface area contributed by atoms with Gasteiger partial charge in [-0.1, -0.05) is 67.8 Å². The predicted octanol–water partition coefficient (Wildman–Crippen LogP) is 3.75. The van der Waals surface area contributed by atoms with E-state index in [4.69, 9.17) is 0 Å². The average molecular weight is 530 g/mol. The second-order valence-electron chi connectivity index (χ2n) is 10.6. The van der Waals surface area contributed by atoms with Crippen molar-refractivity contribution in [1.29, 1.82) is 0 Å². The zero-order valence-corrected chi connectivity index (χ0v) is 22.8. The van der Waals surface area contributed by atoms with Gasteiger partial charge in [-0.3, -0.25) is 18.7 Å². The molecule has 0 spiro atoms. The highest BCUT2D eigenvalue weighted by Crippen LogP contribution is 2.29. The number of hydrogen-bond acceptors (Lipinski definition) is 4. The third-order valence-electron chi connectivity index (χ3n) is 7.98. The van der Waals surface area contributed by atoms with Gasteiger partial charge in [0.1, 0.15) is 5.69 Å². The highest BCUT2D eigenvalue weighted by molar-refractivity contribution is 5.99. The summed E-state index contributed by atoms with van der Waals surface area (Å²) in [5.41, 5.74) is 3.33. The van der Waals surface area contributed by atoms with Crippen molar-refractivity contribution in [3.63, 3.8) is 0 Å². The van der Waals surface area contributed by atoms with Crippen LogP contribution in [0.1, 0.15) is 54.6 Å². The van der Waals surface area contributed by atoms with Gasteiger partial charge in [0.05, 0.1) is 11.4 Å². The zero-order valence-electron chi connectivity index (χ0n) is 22.8. The van der Waals surface area contributed by atoms with Gasteiger partial charge in [0, 0.05) is 50.7 Å². The first-order valence-corrected chi connectivity index (χ1v) is 14.3. The van der Waals surface area contributed by atoms with Crippen LogP contribution in [0.15, 0.2) is 59.4 Å². The minimum atomic E-state index is -0.236. The molecule has 39 heavy (non-hydrogen) atoms. The molecular formula is C31H39N5O3. The molecule has 2 aromatic carbocycles. The Bertz CT molecular complexity index is 1350. The number of aromatic nitrogens is 2. The maximum Gasteiger partial charge on any atom is 0.333 e. The first-order chi connectivity index (χ1) is 19.1. The number of piperazine rings is 1. The van der Waals surface area contributed by atoms with Crippen molar-refractivity contribution in [1.82, 2.24) is 24.7 Å². The Kier molecular flexibility index (Phi) is 8.61. The first-order valence-electron chi connectivity index (χ1n) is 14.3. The Morgan fingerprint density at radius 1 is 0.949 bits per heavy atom. The number of carbonyl (C=O) groups excluding carboxylic acids is 2. The molecule has 1 saturated carbocycles. The van der Waals surface area contributed by atoms with E-state index in [9.17, 15) is 14.4 Å². The molecular weight excluding hydrogens is 490 g/mol. The minimum absolute atomic E-state index is 0.0955. The van der Waals surface area contributed by atoms with Crippen molar-refractivity contribution >= 4 is 11.8 Å². The molecule has 8 heteroatoms. The lowest BCUT2D eigenvalue weighted by atomic mass is 9.89. The fourth-order valence-electron chi connectivity index (χ4n) is 5.85. The van der Waals surface area contributed by atoms with Crippen LogP contribution in [0.4, 0.5) is 0 Å². The van der Waals surface area contributed by atoms with E-state index < -0.39 is 0 Å². The SMILES string of the molecule is Cc1ccccc1-n1c(-c2ccccc2)c(C(=O)N2CCNCC2)n(CCCNC(=O)C2CCCCC2)c1=O. The van der Waals surface area contributed by atoms with Crippen molar-refractivity contribution < 1.29 is 9.59 Å². The predicted molar refractivity (Wildman–Crippen MR) is 153 cm³/mol. The van der Waals surface area contributed by atoms with Gasteiger partial charge in [0.2, 0.25) is 5.91 Å². The van der Waals surface area contributed by atoms with Gasteiger partial charge in [-0.25, -0.2) is 4.79 Å². The first kappa shape index (κ1) is 26.9. The van der Waals surface area contributed by atoms with Gasteiger partial charge in [-0.05, 0) is 37.8 Å². The van der Waals surface area contributed by atoms with Crippen LogP contribution in [0, 0.1) is 12.8 Å². The molecule has 2 heterocycles. The van der Waals surface area contributed by atoms with Gasteiger partial charge < -0.3 is 15.5 Å². The smallest absolute Gasteiger partial charge is 0.333 e. The van der Waals surface area contributed by atoms with Gasteiger partial charge in [-0.15, -0.1) is 0 Å². The molecule has 2 aliphatic rings. The van der Waals surface area contributed by atoms with E-state index in [1.54, 1.807) is 9.13 Å². The molecule has 2 N–H and O–H groups in total. The molecule has 1 aromatic heterocycles. The van der Waals surface area contributed by atoms with Crippen LogP contribution in [0.3, 0.4) is 0 Å². The summed E-state index contributed by atoms with van der Waals surface area (Å²) >= 11 is 0. The topological polar surface area (TPSA) is 88.4 Å². The van der Waals surface area contributed by atoms with Crippen LogP contribution in [0.5, 0.6) is 0 Å². The fraction of sp³-hybridized carbons (Fsp3) is 0.452. The third-order valence-corrected chi connectivity index (χ3v) is 7.98. The number of para-hydroxylation sites is 1. The molecule has 3 aromatic rings. The van der Waals surface area contributed by atoms with Gasteiger partial charge in [0.25, 0.3) is 5.91 Å². The molecule has 0 unspecified atom stereocenters. The summed E-state index contributed by atoms with van der Waals surface area (Å²) in [5, 5.41) is 6.39. The molecule has 1 aliphatic heterocycles. The summed E-state index contributed by atoms with van der Waals surface area (Å²) < 4.78 is 3.33. The van der Waals surface area contributed by atoms with Gasteiger partial charge in [0.15, 0.2) is 0 Å². The summed E-state index contributed by atoms with van der Waals surface area (Å²) in [4.78, 5) is 42.8. The Morgan fingerprint density at radius 3 is 2.36 bits per heavy atom. The molecule has 206 valence electrons. The molecule has 8 nitrogen and oxygen atoms in total. The van der Waals surface area contributed by atoms with Crippen molar-refractivity contribution in [2.45, 2.75) is 52.0 Å². The number of amides is 2. The van der Waals surface area contributed by atoms with Crippen LogP contribution < -0.4 is 16.3 Å². The number of nitrogens with zero attached hydrogens (tertiary/aromatic N) is 3. The number of imidazole rings is 1. The van der Waals surface area contributed by atoms with E-state index in [1.807, 2.05) is 66.4 Å². The van der Waals surface area contributed by atoms with E-state index >= 15 is 0 Å². The third kappa shape index (κ3) is 5.86. The lowest BCUT2D eigenvalue weighted by Gasteiger charge is -2.28. The number of carbonyl (C=O) groups is 2. The lowest BCUT2D eigenvalue weighted by molar-refractivity contribution is -0.125. The molecule has 5 rings (SSSR count). The number of benzene rings is 2. The summed E-state index contributed by atoms with van der Waals surface area (Å²) in [7, 11) is 0. The number of aryl methyl sites for hydroxylation is 1. The highest BCUT2D eigenvalue weighted by atomic mass is 16.2. The van der Waals surface area contributed by atoms with E-state index in [0.29, 0.717) is 44.0 Å². The van der Waals surface area contributed by atoms with Crippen LogP contribution >= 0.6 is 0 Å². The number of hydrogen-bond donors (Lipinski definition) is 2. The number of nitrogens with one attached hydrogen (secondary N) is 2. The quantitative estimate of drug-likeness (QED) is 0.435. The average Bonchev–Trinajstić information content (AvgIpc) is 3.27. The molecule has 0 bridgehead atoms. The summed E-state index contributed by atoms with van der Waals surface area (Å²) in [6, 6.07) is 17.5. The van der Waals surface area contributed by atoms with Crippen LogP contribution in [-0.2, 0) is 11.3 Å². The lowest BCUT2D eigenvalue weighted by Crippen LogP contribution is -2.47. The number of rotatable bonds is 8. The van der Waals surface area contributed by atoms with E-state index in [2.05, 4.69) is 10.6 Å². The normalized spacial score (nSPS) is 16.3. The summed E-state index contributed by atoms with van der Waals surface area (Å²) in [6.45, 7) is 5.43. The second kappa shape index (κ2) is 12.5. The minimum Gasteiger partial charge on any atom is -0.356 e. The Morgan fingerprint density at radius 2 is 1.64 bits per heavy atom. The maximum atomic E-state index is 14.2. The van der Waals surface area contributed by atoms with Crippen molar-refractivity contribution in [2.75, 3.05) is 32.7 Å². The molecule has 1 aliphatic carbocycles. The maximum absolute atomic E-state index is 14.2. The fourth-order valence-corrected chi connectivity index (χ4v) is 5.85. The van der Waals surface area contributed by atoms with Gasteiger partial charge in [-0.2, -0.15) is 0 Å². The molecule has 0 atom stereocenters. The van der Waals surface area contributed by atoms with E-state index in [1.165, 1.54) is 6.42 Å². The largest absolute Gasteiger partial charge is 0.356 e. The van der Waals surface area contributed by atoms with Crippen molar-refractivity contribution in [3.05, 3.63) is 76.3 Å². The summed E-state index contributed by atoms with van der Waals surface area (Å²) in [5.74, 6) is 0.0748. The summed E-state index contributed by atoms with van der Waals surface area (Å²) in [6.07, 6.45) is 5.90. The van der Waals surface area contributed by atoms with Crippen LogP contribution in [0.25, 0.3) is 16.9 Å². The van der Waals surface area contributed by atoms with Crippen molar-refractivity contribution in [2.24, 2.45) is 5.92 Å². The second-order valence-corrected chi connectivity index (χ2v) is 10.6. The Labute approximate surface area is 230 Å². The molecule has 2 fully saturated rings. The standard InChI is InChI=1S/C31H39N5O3/c1-23-11-8-9-16-26(23)36-27(24-12-4-2-5-13-24)28(30(38)34-21-18-32-19-22-34)35(31(36)39)20-10-17-33-29(37)25-14-6-3-7-15-25/h2,4-5,8-9,11-13,16,25,32H,3,6-7,10,14-15,17-22H2,1H3,(H,33,37). The van der Waals surface area contributed by atoms with Crippen molar-refractivity contribution in [3.8, 4) is 16.9 Å². The molecule has 2 amide bonds. The zero-order chi connectivity index (χ0) is 27.2. The monoisotopic (exact) mass is 529 g/mol. The Hall–Kier alpha value is -3.65. The highest BCUT2D eigenvalue weighted by Gasteiger charge is 2.31. The Balaban J connectivity index is 1.53.